The van der Waals surface area contributed by atoms with E-state index < -0.39 is 0 Å². The summed E-state index contributed by atoms with van der Waals surface area (Å²) in [6.45, 7) is 6.36. The highest BCUT2D eigenvalue weighted by atomic mass is 79.9. The molecule has 1 fully saturated rings. The fourth-order valence-corrected chi connectivity index (χ4v) is 3.79. The molecule has 2 aromatic rings. The zero-order valence-electron chi connectivity index (χ0n) is 13.1. The van der Waals surface area contributed by atoms with Crippen LogP contribution in [0.25, 0.3) is 11.0 Å². The number of nitrogens with zero attached hydrogens (tertiary/aromatic N) is 4. The van der Waals surface area contributed by atoms with Crippen LogP contribution in [0.5, 0.6) is 0 Å². The van der Waals surface area contributed by atoms with Crippen molar-refractivity contribution in [3.8, 4) is 0 Å². The van der Waals surface area contributed by atoms with E-state index in [1.54, 1.807) is 0 Å². The third-order valence-corrected chi connectivity index (χ3v) is 5.97. The van der Waals surface area contributed by atoms with E-state index in [4.69, 9.17) is 0 Å². The number of nitro benzene ring substituents is 1. The molecule has 1 aromatic heterocycles. The van der Waals surface area contributed by atoms with Crippen LogP contribution in [0.2, 0.25) is 0 Å². The zero-order valence-corrected chi connectivity index (χ0v) is 17.1. The number of rotatable bonds is 3. The molecule has 1 N–H and O–H groups in total. The van der Waals surface area contributed by atoms with Crippen molar-refractivity contribution in [3.63, 3.8) is 0 Å². The molecule has 0 unspecified atom stereocenters. The number of hydrogen-bond acceptors (Lipinski definition) is 5. The lowest BCUT2D eigenvalue weighted by atomic mass is 10.2. The quantitative estimate of drug-likeness (QED) is 0.532. The van der Waals surface area contributed by atoms with E-state index >= 15 is 0 Å². The van der Waals surface area contributed by atoms with Crippen LogP contribution in [0, 0.1) is 10.1 Å². The van der Waals surface area contributed by atoms with Crippen LogP contribution < -0.4 is 10.2 Å². The topological polar surface area (TPSA) is 76.2 Å². The van der Waals surface area contributed by atoms with Crippen molar-refractivity contribution in [2.75, 3.05) is 31.1 Å². The molecule has 0 radical (unpaired) electrons. The number of fused-ring (bicyclic) bond motifs is 1. The van der Waals surface area contributed by atoms with Gasteiger partial charge < -0.3 is 14.8 Å². The summed E-state index contributed by atoms with van der Waals surface area (Å²) >= 11 is 6.71. The van der Waals surface area contributed by atoms with Gasteiger partial charge in [-0.3, -0.25) is 10.1 Å². The minimum absolute atomic E-state index is 0. The fourth-order valence-electron chi connectivity index (χ4n) is 2.94. The molecular weight excluding hydrogens is 465 g/mol. The largest absolute Gasteiger partial charge is 0.341 e. The molecule has 0 atom stereocenters. The molecule has 7 nitrogen and oxygen atoms in total. The summed E-state index contributed by atoms with van der Waals surface area (Å²) in [7, 11) is 0. The van der Waals surface area contributed by atoms with Crippen molar-refractivity contribution >= 4 is 66.9 Å². The van der Waals surface area contributed by atoms with Gasteiger partial charge in [-0.15, -0.1) is 12.4 Å². The lowest BCUT2D eigenvalue weighted by Gasteiger charge is -2.21. The molecule has 3 rings (SSSR count). The smallest absolute Gasteiger partial charge is 0.312 e. The second kappa shape index (κ2) is 7.99. The molecule has 1 aromatic carbocycles. The van der Waals surface area contributed by atoms with Crippen LogP contribution in [0.1, 0.15) is 13.3 Å². The second-order valence-electron chi connectivity index (χ2n) is 5.39. The molecule has 0 spiro atoms. The summed E-state index contributed by atoms with van der Waals surface area (Å²) in [4.78, 5) is 18.0. The summed E-state index contributed by atoms with van der Waals surface area (Å²) in [6, 6.07) is 1.89. The van der Waals surface area contributed by atoms with E-state index in [0.717, 1.165) is 44.1 Å². The van der Waals surface area contributed by atoms with E-state index in [1.165, 1.54) is 0 Å². The number of nitrogens with one attached hydrogen (secondary N) is 1. The Morgan fingerprint density at radius 2 is 2.12 bits per heavy atom. The molecule has 2 heterocycles. The summed E-state index contributed by atoms with van der Waals surface area (Å²) in [5.74, 6) is 0.805. The molecule has 0 bridgehead atoms. The first-order chi connectivity index (χ1) is 11.0. The van der Waals surface area contributed by atoms with Crippen LogP contribution in [0.15, 0.2) is 15.0 Å². The van der Waals surface area contributed by atoms with Crippen molar-refractivity contribution < 1.29 is 4.92 Å². The van der Waals surface area contributed by atoms with Crippen LogP contribution >= 0.6 is 44.3 Å². The van der Waals surface area contributed by atoms with Gasteiger partial charge in [-0.2, -0.15) is 0 Å². The van der Waals surface area contributed by atoms with E-state index in [1.807, 2.05) is 17.6 Å². The zero-order chi connectivity index (χ0) is 16.6. The Kier molecular flexibility index (Phi) is 6.46. The molecule has 0 amide bonds. The van der Waals surface area contributed by atoms with Gasteiger partial charge in [0.1, 0.15) is 4.47 Å². The number of aromatic nitrogens is 2. The normalized spacial score (nSPS) is 15.2. The van der Waals surface area contributed by atoms with Crippen molar-refractivity contribution in [1.82, 2.24) is 14.9 Å². The van der Waals surface area contributed by atoms with E-state index in [0.29, 0.717) is 21.0 Å². The number of benzene rings is 1. The molecule has 1 aliphatic heterocycles. The lowest BCUT2D eigenvalue weighted by molar-refractivity contribution is -0.384. The maximum absolute atomic E-state index is 11.5. The van der Waals surface area contributed by atoms with Gasteiger partial charge in [-0.25, -0.2) is 4.98 Å². The Hall–Kier alpha value is -0.900. The van der Waals surface area contributed by atoms with Gasteiger partial charge in [-0.1, -0.05) is 0 Å². The molecule has 132 valence electrons. The summed E-state index contributed by atoms with van der Waals surface area (Å²) < 4.78 is 3.14. The molecule has 10 heteroatoms. The maximum Gasteiger partial charge on any atom is 0.312 e. The number of anilines is 1. The van der Waals surface area contributed by atoms with Gasteiger partial charge in [0.2, 0.25) is 5.95 Å². The van der Waals surface area contributed by atoms with E-state index in [9.17, 15) is 10.1 Å². The Morgan fingerprint density at radius 1 is 1.38 bits per heavy atom. The molecule has 1 saturated heterocycles. The van der Waals surface area contributed by atoms with Crippen molar-refractivity contribution in [2.45, 2.75) is 19.9 Å². The minimum Gasteiger partial charge on any atom is -0.341 e. The van der Waals surface area contributed by atoms with Gasteiger partial charge in [0.05, 0.1) is 10.4 Å². The van der Waals surface area contributed by atoms with Crippen LogP contribution in [0.4, 0.5) is 11.6 Å². The predicted octanol–water partition coefficient (Wildman–Crippen LogP) is 3.71. The monoisotopic (exact) mass is 481 g/mol. The van der Waals surface area contributed by atoms with Gasteiger partial charge in [0, 0.05) is 30.7 Å². The highest BCUT2D eigenvalue weighted by Gasteiger charge is 2.27. The second-order valence-corrected chi connectivity index (χ2v) is 7.04. The van der Waals surface area contributed by atoms with Crippen molar-refractivity contribution in [1.29, 1.82) is 0 Å². The van der Waals surface area contributed by atoms with Gasteiger partial charge >= 0.3 is 5.69 Å². The van der Waals surface area contributed by atoms with Crippen molar-refractivity contribution in [3.05, 3.63) is 25.1 Å². The lowest BCUT2D eigenvalue weighted by Crippen LogP contribution is -2.30. The van der Waals surface area contributed by atoms with E-state index in [2.05, 4.69) is 47.1 Å². The third kappa shape index (κ3) is 3.40. The fraction of sp³-hybridized carbons (Fsp3) is 0.500. The summed E-state index contributed by atoms with van der Waals surface area (Å²) in [5, 5.41) is 14.9. The number of nitro groups is 1. The summed E-state index contributed by atoms with van der Waals surface area (Å²) in [6.07, 6.45) is 1.03. The standard InChI is InChI=1S/C14H17Br2N5O2.ClH/c1-2-20-10-8-9(15)11(16)13(21(22)23)12(10)18-14(20)19-6-3-4-17-5-7-19;/h8,17H,2-7H2,1H3;1H. The molecular formula is C14H18Br2ClN5O2. The van der Waals surface area contributed by atoms with Crippen LogP contribution in [-0.2, 0) is 6.54 Å². The van der Waals surface area contributed by atoms with Crippen molar-refractivity contribution in [2.24, 2.45) is 0 Å². The molecule has 1 aliphatic rings. The minimum atomic E-state index is -0.377. The first kappa shape index (κ1) is 19.4. The highest BCUT2D eigenvalue weighted by Crippen LogP contribution is 2.40. The van der Waals surface area contributed by atoms with Gasteiger partial charge in [0.15, 0.2) is 5.52 Å². The number of hydrogen-bond donors (Lipinski definition) is 1. The average molecular weight is 484 g/mol. The predicted molar refractivity (Wildman–Crippen MR) is 104 cm³/mol. The van der Waals surface area contributed by atoms with Crippen LogP contribution in [-0.4, -0.2) is 40.7 Å². The first-order valence-electron chi connectivity index (χ1n) is 7.53. The Morgan fingerprint density at radius 3 is 2.79 bits per heavy atom. The van der Waals surface area contributed by atoms with Gasteiger partial charge in [-0.05, 0) is 57.8 Å². The highest BCUT2D eigenvalue weighted by molar-refractivity contribution is 9.13. The van der Waals surface area contributed by atoms with Gasteiger partial charge in [0.25, 0.3) is 0 Å². The Bertz CT molecular complexity index is 759. The summed E-state index contributed by atoms with van der Waals surface area (Å²) in [5.41, 5.74) is 1.22. The molecule has 24 heavy (non-hydrogen) atoms. The number of aryl methyl sites for hydroxylation is 1. The first-order valence-corrected chi connectivity index (χ1v) is 9.11. The Labute approximate surface area is 162 Å². The van der Waals surface area contributed by atoms with E-state index in [-0.39, 0.29) is 23.0 Å². The third-order valence-electron chi connectivity index (χ3n) is 4.01. The molecule has 0 aliphatic carbocycles. The average Bonchev–Trinajstić information content (AvgIpc) is 2.71. The Balaban J connectivity index is 0.00000208. The SMILES string of the molecule is CCn1c(N2CCCNCC2)nc2c([N+](=O)[O-])c(Br)c(Br)cc21.Cl. The molecule has 0 saturated carbocycles. The number of imidazole rings is 1. The van der Waals surface area contributed by atoms with Crippen LogP contribution in [0.3, 0.4) is 0 Å². The maximum atomic E-state index is 11.5. The number of halogens is 3.